The fourth-order valence-corrected chi connectivity index (χ4v) is 2.36. The normalized spacial score (nSPS) is 13.8. The summed E-state index contributed by atoms with van der Waals surface area (Å²) in [4.78, 5) is 4.57. The number of alkyl halides is 1. The van der Waals surface area contributed by atoms with E-state index in [1.807, 2.05) is 19.1 Å². The molecule has 3 rings (SSSR count). The Morgan fingerprint density at radius 3 is 2.81 bits per heavy atom. The summed E-state index contributed by atoms with van der Waals surface area (Å²) < 4.78 is 12.9. The first kappa shape index (κ1) is 13.6. The van der Waals surface area contributed by atoms with Crippen LogP contribution in [0.25, 0.3) is 0 Å². The molecule has 0 saturated heterocycles. The van der Waals surface area contributed by atoms with Gasteiger partial charge in [0.15, 0.2) is 0 Å². The minimum Gasteiger partial charge on any atom is -0.339 e. The number of pyridine rings is 1. The molecule has 1 fully saturated rings. The van der Waals surface area contributed by atoms with E-state index in [-0.39, 0.29) is 0 Å². The third-order valence-corrected chi connectivity index (χ3v) is 3.88. The van der Waals surface area contributed by atoms with Crippen LogP contribution in [0.2, 0.25) is 0 Å². The predicted octanol–water partition coefficient (Wildman–Crippen LogP) is 4.35. The topological polar surface area (TPSA) is 48.7 Å². The summed E-state index contributed by atoms with van der Waals surface area (Å²) in [6, 6.07) is 11.3. The van der Waals surface area contributed by atoms with Crippen molar-refractivity contribution in [1.82, 2.24) is 4.98 Å². The second-order valence-corrected chi connectivity index (χ2v) is 5.37. The van der Waals surface area contributed by atoms with Crippen LogP contribution in [0.3, 0.4) is 0 Å². The predicted molar refractivity (Wildman–Crippen MR) is 80.2 cm³/mol. The molecule has 1 saturated carbocycles. The van der Waals surface area contributed by atoms with Crippen molar-refractivity contribution in [2.24, 2.45) is 0 Å². The van der Waals surface area contributed by atoms with Crippen molar-refractivity contribution in [2.45, 2.75) is 32.4 Å². The molecule has 1 aromatic heterocycles. The highest BCUT2D eigenvalue weighted by molar-refractivity contribution is 5.66. The molecule has 0 radical (unpaired) electrons. The average Bonchev–Trinajstić information content (AvgIpc) is 3.34. The molecule has 1 aromatic carbocycles. The lowest BCUT2D eigenvalue weighted by Gasteiger charge is -2.13. The molecule has 0 unspecified atom stereocenters. The summed E-state index contributed by atoms with van der Waals surface area (Å²) in [5, 5.41) is 12.4. The lowest BCUT2D eigenvalue weighted by molar-refractivity contribution is 0.484. The summed E-state index contributed by atoms with van der Waals surface area (Å²) >= 11 is 0. The molecule has 21 heavy (non-hydrogen) atoms. The van der Waals surface area contributed by atoms with Crippen LogP contribution in [0.15, 0.2) is 30.3 Å². The highest BCUT2D eigenvalue weighted by Gasteiger charge is 2.25. The SMILES string of the molecule is Cc1c(CF)cccc1Nc1nc(C2CC2)ccc1C#N. The summed E-state index contributed by atoms with van der Waals surface area (Å²) in [5.74, 6) is 1.08. The van der Waals surface area contributed by atoms with Gasteiger partial charge in [-0.15, -0.1) is 0 Å². The van der Waals surface area contributed by atoms with E-state index < -0.39 is 6.67 Å². The van der Waals surface area contributed by atoms with Gasteiger partial charge in [0.1, 0.15) is 18.6 Å². The number of hydrogen-bond donors (Lipinski definition) is 1. The van der Waals surface area contributed by atoms with E-state index in [0.29, 0.717) is 22.9 Å². The molecule has 106 valence electrons. The molecule has 3 nitrogen and oxygen atoms in total. The summed E-state index contributed by atoms with van der Waals surface area (Å²) in [6.45, 7) is 1.37. The number of rotatable bonds is 4. The maximum absolute atomic E-state index is 12.9. The molecule has 0 bridgehead atoms. The number of benzene rings is 1. The highest BCUT2D eigenvalue weighted by atomic mass is 19.1. The van der Waals surface area contributed by atoms with Crippen LogP contribution in [0.4, 0.5) is 15.9 Å². The third kappa shape index (κ3) is 2.73. The van der Waals surface area contributed by atoms with Gasteiger partial charge in [-0.1, -0.05) is 12.1 Å². The standard InChI is InChI=1S/C17H16FN3/c1-11-13(9-18)3-2-4-15(11)20-17-14(10-19)7-8-16(21-17)12-5-6-12/h2-4,7-8,12H,5-6,9H2,1H3,(H,20,21). The number of nitrogens with one attached hydrogen (secondary N) is 1. The van der Waals surface area contributed by atoms with Crippen molar-refractivity contribution in [3.63, 3.8) is 0 Å². The number of halogens is 1. The van der Waals surface area contributed by atoms with E-state index >= 15 is 0 Å². The molecule has 1 aliphatic carbocycles. The Labute approximate surface area is 123 Å². The fourth-order valence-electron chi connectivity index (χ4n) is 2.36. The Bertz CT molecular complexity index is 714. The van der Waals surface area contributed by atoms with Gasteiger partial charge in [-0.3, -0.25) is 0 Å². The molecule has 1 heterocycles. The Hall–Kier alpha value is -2.41. The van der Waals surface area contributed by atoms with E-state index in [0.717, 1.165) is 29.8 Å². The Balaban J connectivity index is 1.97. The highest BCUT2D eigenvalue weighted by Crippen LogP contribution is 2.39. The minimum absolute atomic E-state index is 0.498. The van der Waals surface area contributed by atoms with Gasteiger partial charge in [-0.2, -0.15) is 5.26 Å². The first-order valence-electron chi connectivity index (χ1n) is 7.05. The number of aromatic nitrogens is 1. The first-order chi connectivity index (χ1) is 10.2. The van der Waals surface area contributed by atoms with Crippen molar-refractivity contribution in [3.05, 3.63) is 52.7 Å². The summed E-state index contributed by atoms with van der Waals surface area (Å²) in [6.07, 6.45) is 2.32. The zero-order valence-electron chi connectivity index (χ0n) is 11.9. The van der Waals surface area contributed by atoms with Crippen molar-refractivity contribution in [1.29, 1.82) is 5.26 Å². The smallest absolute Gasteiger partial charge is 0.148 e. The second-order valence-electron chi connectivity index (χ2n) is 5.37. The van der Waals surface area contributed by atoms with Gasteiger partial charge >= 0.3 is 0 Å². The van der Waals surface area contributed by atoms with Crippen LogP contribution in [-0.2, 0) is 6.67 Å². The van der Waals surface area contributed by atoms with Gasteiger partial charge in [0.05, 0.1) is 5.56 Å². The zero-order chi connectivity index (χ0) is 14.8. The fraction of sp³-hybridized carbons (Fsp3) is 0.294. The monoisotopic (exact) mass is 281 g/mol. The van der Waals surface area contributed by atoms with E-state index in [9.17, 15) is 9.65 Å². The number of nitriles is 1. The average molecular weight is 281 g/mol. The molecule has 4 heteroatoms. The van der Waals surface area contributed by atoms with Crippen LogP contribution in [-0.4, -0.2) is 4.98 Å². The number of hydrogen-bond acceptors (Lipinski definition) is 3. The molecular weight excluding hydrogens is 265 g/mol. The van der Waals surface area contributed by atoms with Gasteiger partial charge in [0.25, 0.3) is 0 Å². The maximum atomic E-state index is 12.9. The third-order valence-electron chi connectivity index (χ3n) is 3.88. The zero-order valence-corrected chi connectivity index (χ0v) is 11.9. The first-order valence-corrected chi connectivity index (χ1v) is 7.05. The molecule has 1 N–H and O–H groups in total. The van der Waals surface area contributed by atoms with Crippen LogP contribution in [0.1, 0.15) is 41.1 Å². The quantitative estimate of drug-likeness (QED) is 0.906. The van der Waals surface area contributed by atoms with Gasteiger partial charge in [0, 0.05) is 17.3 Å². The molecular formula is C17H16FN3. The second kappa shape index (κ2) is 5.53. The molecule has 0 atom stereocenters. The van der Waals surface area contributed by atoms with Crippen molar-refractivity contribution in [2.75, 3.05) is 5.32 Å². The van der Waals surface area contributed by atoms with Gasteiger partial charge in [-0.25, -0.2) is 9.37 Å². The molecule has 0 spiro atoms. The maximum Gasteiger partial charge on any atom is 0.148 e. The van der Waals surface area contributed by atoms with Crippen LogP contribution < -0.4 is 5.32 Å². The van der Waals surface area contributed by atoms with Crippen molar-refractivity contribution in [3.8, 4) is 6.07 Å². The summed E-state index contributed by atoms with van der Waals surface area (Å²) in [7, 11) is 0. The largest absolute Gasteiger partial charge is 0.339 e. The molecule has 1 aliphatic rings. The van der Waals surface area contributed by atoms with Crippen LogP contribution in [0, 0.1) is 18.3 Å². The lowest BCUT2D eigenvalue weighted by Crippen LogP contribution is -2.02. The Morgan fingerprint density at radius 2 is 2.14 bits per heavy atom. The summed E-state index contributed by atoms with van der Waals surface area (Å²) in [5.41, 5.74) is 3.82. The van der Waals surface area contributed by atoms with Crippen molar-refractivity contribution >= 4 is 11.5 Å². The minimum atomic E-state index is -0.498. The Kier molecular flexibility index (Phi) is 3.57. The van der Waals surface area contributed by atoms with Crippen LogP contribution in [0.5, 0.6) is 0 Å². The van der Waals surface area contributed by atoms with Crippen LogP contribution >= 0.6 is 0 Å². The molecule has 2 aromatic rings. The molecule has 0 amide bonds. The van der Waals surface area contributed by atoms with E-state index in [4.69, 9.17) is 0 Å². The van der Waals surface area contributed by atoms with E-state index in [2.05, 4.69) is 16.4 Å². The van der Waals surface area contributed by atoms with Crippen molar-refractivity contribution < 1.29 is 4.39 Å². The molecule has 0 aliphatic heterocycles. The van der Waals surface area contributed by atoms with Gasteiger partial charge < -0.3 is 5.32 Å². The number of nitrogens with zero attached hydrogens (tertiary/aromatic N) is 2. The van der Waals surface area contributed by atoms with E-state index in [1.54, 1.807) is 18.2 Å². The number of anilines is 2. The van der Waals surface area contributed by atoms with E-state index in [1.165, 1.54) is 0 Å². The Morgan fingerprint density at radius 1 is 1.33 bits per heavy atom. The van der Waals surface area contributed by atoms with Gasteiger partial charge in [0.2, 0.25) is 0 Å². The van der Waals surface area contributed by atoms with Gasteiger partial charge in [-0.05, 0) is 49.1 Å². The lowest BCUT2D eigenvalue weighted by atomic mass is 10.1.